The van der Waals surface area contributed by atoms with Crippen molar-refractivity contribution in [2.24, 2.45) is 0 Å². The van der Waals surface area contributed by atoms with Gasteiger partial charge in [-0.1, -0.05) is 11.6 Å². The molecule has 0 spiro atoms. The van der Waals surface area contributed by atoms with Crippen LogP contribution in [0.4, 0.5) is 5.82 Å². The van der Waals surface area contributed by atoms with Crippen LogP contribution in [0.2, 0.25) is 5.02 Å². The van der Waals surface area contributed by atoms with Gasteiger partial charge in [-0.15, -0.1) is 0 Å². The van der Waals surface area contributed by atoms with E-state index in [9.17, 15) is 4.79 Å². The molecule has 1 aromatic heterocycles. The van der Waals surface area contributed by atoms with E-state index in [0.29, 0.717) is 10.8 Å². The molecule has 1 aromatic rings. The fourth-order valence-electron chi connectivity index (χ4n) is 1.28. The lowest BCUT2D eigenvalue weighted by atomic mass is 10.0. The molecule has 7 heteroatoms. The number of hydrogen-bond donors (Lipinski definition) is 2. The number of aromatic nitrogens is 2. The number of rotatable bonds is 5. The van der Waals surface area contributed by atoms with Crippen LogP contribution >= 0.6 is 11.6 Å². The molecular formula is C10H14ClN3O3. The van der Waals surface area contributed by atoms with Crippen LogP contribution in [0, 0.1) is 0 Å². The highest BCUT2D eigenvalue weighted by Gasteiger charge is 2.23. The van der Waals surface area contributed by atoms with Gasteiger partial charge in [0.2, 0.25) is 0 Å². The van der Waals surface area contributed by atoms with Gasteiger partial charge in [0, 0.05) is 5.54 Å². The zero-order chi connectivity index (χ0) is 13.1. The van der Waals surface area contributed by atoms with E-state index in [0.717, 1.165) is 0 Å². The van der Waals surface area contributed by atoms with Crippen molar-refractivity contribution >= 4 is 23.4 Å². The van der Waals surface area contributed by atoms with Crippen molar-refractivity contribution in [1.29, 1.82) is 0 Å². The van der Waals surface area contributed by atoms with Gasteiger partial charge in [0.25, 0.3) is 0 Å². The Kier molecular flexibility index (Phi) is 4.11. The van der Waals surface area contributed by atoms with Crippen LogP contribution in [0.3, 0.4) is 0 Å². The highest BCUT2D eigenvalue weighted by molar-refractivity contribution is 6.32. The Morgan fingerprint density at radius 2 is 2.29 bits per heavy atom. The standard InChI is InChI=1S/C10H14ClN3O3/c1-10(2,4-7(15)16)14-8-6(11)5-12-9(13-8)17-3/h5H,4H2,1-3H3,(H,15,16)(H,12,13,14). The molecule has 94 valence electrons. The van der Waals surface area contributed by atoms with Gasteiger partial charge < -0.3 is 15.2 Å². The van der Waals surface area contributed by atoms with E-state index in [1.54, 1.807) is 13.8 Å². The summed E-state index contributed by atoms with van der Waals surface area (Å²) in [6.45, 7) is 3.48. The molecule has 0 aliphatic heterocycles. The predicted molar refractivity (Wildman–Crippen MR) is 63.5 cm³/mol. The van der Waals surface area contributed by atoms with E-state index in [4.69, 9.17) is 21.4 Å². The summed E-state index contributed by atoms with van der Waals surface area (Å²) in [5, 5.41) is 12.0. The van der Waals surface area contributed by atoms with Crippen molar-refractivity contribution in [2.75, 3.05) is 12.4 Å². The number of ether oxygens (including phenoxy) is 1. The molecule has 0 atom stereocenters. The van der Waals surface area contributed by atoms with Gasteiger partial charge in [0.1, 0.15) is 5.02 Å². The third-order valence-corrected chi connectivity index (χ3v) is 2.23. The van der Waals surface area contributed by atoms with E-state index < -0.39 is 11.5 Å². The molecular weight excluding hydrogens is 246 g/mol. The van der Waals surface area contributed by atoms with E-state index in [-0.39, 0.29) is 12.4 Å². The first kappa shape index (κ1) is 13.5. The van der Waals surface area contributed by atoms with E-state index in [2.05, 4.69) is 15.3 Å². The number of carbonyl (C=O) groups is 1. The second kappa shape index (κ2) is 5.18. The Bertz CT molecular complexity index is 423. The first-order valence-corrected chi connectivity index (χ1v) is 5.28. The molecule has 6 nitrogen and oxygen atoms in total. The molecule has 0 amide bonds. The first-order chi connectivity index (χ1) is 7.84. The molecule has 2 N–H and O–H groups in total. The largest absolute Gasteiger partial charge is 0.481 e. The fraction of sp³-hybridized carbons (Fsp3) is 0.500. The number of nitrogens with one attached hydrogen (secondary N) is 1. The molecule has 1 heterocycles. The summed E-state index contributed by atoms with van der Waals surface area (Å²) in [5.41, 5.74) is -0.672. The normalized spacial score (nSPS) is 11.1. The molecule has 0 radical (unpaired) electrons. The molecule has 0 fully saturated rings. The number of anilines is 1. The first-order valence-electron chi connectivity index (χ1n) is 4.90. The molecule has 0 bridgehead atoms. The number of hydrogen-bond acceptors (Lipinski definition) is 5. The monoisotopic (exact) mass is 259 g/mol. The van der Waals surface area contributed by atoms with Crippen LogP contribution in [0.5, 0.6) is 6.01 Å². The van der Waals surface area contributed by atoms with Gasteiger partial charge >= 0.3 is 12.0 Å². The number of carboxylic acids is 1. The van der Waals surface area contributed by atoms with E-state index in [1.807, 2.05) is 0 Å². The summed E-state index contributed by atoms with van der Waals surface area (Å²) in [7, 11) is 1.44. The zero-order valence-electron chi connectivity index (χ0n) is 9.82. The summed E-state index contributed by atoms with van der Waals surface area (Å²) in [5.74, 6) is -0.551. The van der Waals surface area contributed by atoms with Gasteiger partial charge in [-0.3, -0.25) is 4.79 Å². The predicted octanol–water partition coefficient (Wildman–Crippen LogP) is 1.80. The summed E-state index contributed by atoms with van der Waals surface area (Å²) < 4.78 is 4.87. The molecule has 17 heavy (non-hydrogen) atoms. The second-order valence-corrected chi connectivity index (χ2v) is 4.54. The minimum Gasteiger partial charge on any atom is -0.481 e. The minimum atomic E-state index is -0.903. The fourth-order valence-corrected chi connectivity index (χ4v) is 1.42. The summed E-state index contributed by atoms with van der Waals surface area (Å²) in [6, 6.07) is 0.169. The van der Waals surface area contributed by atoms with Crippen LogP contribution in [0.15, 0.2) is 6.20 Å². The molecule has 0 aliphatic rings. The Balaban J connectivity index is 2.89. The van der Waals surface area contributed by atoms with Crippen molar-refractivity contribution in [3.63, 3.8) is 0 Å². The third-order valence-electron chi connectivity index (χ3n) is 1.95. The van der Waals surface area contributed by atoms with Crippen LogP contribution < -0.4 is 10.1 Å². The molecule has 0 saturated heterocycles. The molecule has 0 saturated carbocycles. The second-order valence-electron chi connectivity index (χ2n) is 4.13. The summed E-state index contributed by atoms with van der Waals surface area (Å²) >= 11 is 5.91. The van der Waals surface area contributed by atoms with E-state index in [1.165, 1.54) is 13.3 Å². The molecule has 0 aliphatic carbocycles. The van der Waals surface area contributed by atoms with Gasteiger partial charge in [-0.05, 0) is 13.8 Å². The summed E-state index contributed by atoms with van der Waals surface area (Å²) in [6.07, 6.45) is 1.34. The van der Waals surface area contributed by atoms with Crippen LogP contribution in [0.1, 0.15) is 20.3 Å². The SMILES string of the molecule is COc1ncc(Cl)c(NC(C)(C)CC(=O)O)n1. The zero-order valence-corrected chi connectivity index (χ0v) is 10.6. The van der Waals surface area contributed by atoms with E-state index >= 15 is 0 Å². The van der Waals surface area contributed by atoms with Crippen molar-refractivity contribution in [3.05, 3.63) is 11.2 Å². The maximum absolute atomic E-state index is 10.7. The third kappa shape index (κ3) is 4.07. The Morgan fingerprint density at radius 3 is 2.82 bits per heavy atom. The van der Waals surface area contributed by atoms with Crippen molar-refractivity contribution < 1.29 is 14.6 Å². The maximum atomic E-state index is 10.7. The highest BCUT2D eigenvalue weighted by atomic mass is 35.5. The average molecular weight is 260 g/mol. The van der Waals surface area contributed by atoms with Crippen LogP contribution in [0.25, 0.3) is 0 Å². The lowest BCUT2D eigenvalue weighted by molar-refractivity contribution is -0.137. The Hall–Kier alpha value is -1.56. The van der Waals surface area contributed by atoms with Gasteiger partial charge in [-0.2, -0.15) is 4.98 Å². The van der Waals surface area contributed by atoms with Gasteiger partial charge in [-0.25, -0.2) is 4.98 Å². The Labute approximate surface area is 104 Å². The minimum absolute atomic E-state index is 0.0599. The average Bonchev–Trinajstić information content (AvgIpc) is 2.19. The highest BCUT2D eigenvalue weighted by Crippen LogP contribution is 2.24. The Morgan fingerprint density at radius 1 is 1.65 bits per heavy atom. The number of methoxy groups -OCH3 is 1. The maximum Gasteiger partial charge on any atom is 0.318 e. The lowest BCUT2D eigenvalue weighted by Gasteiger charge is -2.25. The number of halogens is 1. The smallest absolute Gasteiger partial charge is 0.318 e. The van der Waals surface area contributed by atoms with Crippen LogP contribution in [-0.2, 0) is 4.79 Å². The number of aliphatic carboxylic acids is 1. The topological polar surface area (TPSA) is 84.3 Å². The summed E-state index contributed by atoms with van der Waals surface area (Å²) in [4.78, 5) is 18.5. The van der Waals surface area contributed by atoms with Crippen molar-refractivity contribution in [3.8, 4) is 6.01 Å². The van der Waals surface area contributed by atoms with Crippen molar-refractivity contribution in [2.45, 2.75) is 25.8 Å². The molecule has 1 rings (SSSR count). The van der Waals surface area contributed by atoms with Crippen LogP contribution in [-0.4, -0.2) is 33.7 Å². The van der Waals surface area contributed by atoms with Crippen molar-refractivity contribution in [1.82, 2.24) is 9.97 Å². The quantitative estimate of drug-likeness (QED) is 0.839. The number of carboxylic acid groups (broad SMARTS) is 1. The molecule has 0 unspecified atom stereocenters. The number of nitrogens with zero attached hydrogens (tertiary/aromatic N) is 2. The molecule has 0 aromatic carbocycles. The van der Waals surface area contributed by atoms with Gasteiger partial charge in [0.05, 0.1) is 19.7 Å². The lowest BCUT2D eigenvalue weighted by Crippen LogP contribution is -2.34. The van der Waals surface area contributed by atoms with Gasteiger partial charge in [0.15, 0.2) is 5.82 Å².